The maximum atomic E-state index is 12.1. The quantitative estimate of drug-likeness (QED) is 0.600. The molecule has 3 aromatic rings. The number of nitrogens with one attached hydrogen (secondary N) is 2. The molecule has 0 aliphatic heterocycles. The smallest absolute Gasteiger partial charge is 0.225 e. The van der Waals surface area contributed by atoms with E-state index in [-0.39, 0.29) is 5.75 Å². The Bertz CT molecular complexity index is 971. The third-order valence-electron chi connectivity index (χ3n) is 5.67. The van der Waals surface area contributed by atoms with Crippen molar-refractivity contribution in [3.63, 3.8) is 0 Å². The van der Waals surface area contributed by atoms with Crippen LogP contribution in [0.1, 0.15) is 31.2 Å². The van der Waals surface area contributed by atoms with Gasteiger partial charge in [0.1, 0.15) is 5.82 Å². The van der Waals surface area contributed by atoms with Crippen molar-refractivity contribution < 1.29 is 9.47 Å². The van der Waals surface area contributed by atoms with Gasteiger partial charge >= 0.3 is 0 Å². The molecule has 2 N–H and O–H groups in total. The Hall–Kier alpha value is -2.93. The van der Waals surface area contributed by atoms with Gasteiger partial charge in [0.2, 0.25) is 5.95 Å². The van der Waals surface area contributed by atoms with E-state index in [2.05, 4.69) is 21.6 Å². The number of rotatable bonds is 7. The summed E-state index contributed by atoms with van der Waals surface area (Å²) in [7, 11) is 4.02. The zero-order valence-electron chi connectivity index (χ0n) is 17.4. The van der Waals surface area contributed by atoms with Gasteiger partial charge in [0.15, 0.2) is 5.75 Å². The number of anilines is 2. The molecule has 30 heavy (non-hydrogen) atoms. The lowest BCUT2D eigenvalue weighted by molar-refractivity contribution is -0.00622. The predicted octanol–water partition coefficient (Wildman–Crippen LogP) is 4.47. The van der Waals surface area contributed by atoms with Crippen LogP contribution in [-0.4, -0.2) is 36.1 Å². The van der Waals surface area contributed by atoms with Gasteiger partial charge in [0, 0.05) is 42.6 Å². The van der Waals surface area contributed by atoms with E-state index in [9.17, 15) is 4.53 Å². The number of fused-ring (bicyclic) bond motifs is 1. The molecule has 0 atom stereocenters. The molecule has 7 heteroatoms. The molecule has 6 nitrogen and oxygen atoms in total. The maximum absolute atomic E-state index is 12.1. The van der Waals surface area contributed by atoms with Gasteiger partial charge in [-0.25, -0.2) is 4.98 Å². The second-order valence-corrected chi connectivity index (χ2v) is 8.08. The maximum Gasteiger partial charge on any atom is 0.225 e. The van der Waals surface area contributed by atoms with Crippen LogP contribution in [0.4, 0.5) is 16.3 Å². The van der Waals surface area contributed by atoms with Gasteiger partial charge in [-0.15, -0.1) is 0 Å². The molecular formula is C23H28FN5O. The van der Waals surface area contributed by atoms with Gasteiger partial charge in [-0.05, 0) is 55.5 Å². The van der Waals surface area contributed by atoms with Gasteiger partial charge in [-0.3, -0.25) is 4.94 Å². The number of hydrogen-bond acceptors (Lipinski definition) is 6. The highest BCUT2D eigenvalue weighted by molar-refractivity contribution is 5.90. The molecule has 0 unspecified atom stereocenters. The standard InChI is InChI=1S/C23H28FN5O/c1-29(2)22-20-5-3-4-6-21(20)27-23(28-22)26-18-11-9-17(10-12-18)25-15-16-7-13-19(30-24)14-8-16/h3-8,13-14,17-18,25H,9-12,15H2,1-2H3,(H,26,27,28)/t17-,18+. The fourth-order valence-corrected chi connectivity index (χ4v) is 4.01. The lowest BCUT2D eigenvalue weighted by Crippen LogP contribution is -2.37. The van der Waals surface area contributed by atoms with Gasteiger partial charge in [-0.2, -0.15) is 4.98 Å². The van der Waals surface area contributed by atoms with Crippen molar-refractivity contribution in [1.82, 2.24) is 15.3 Å². The topological polar surface area (TPSA) is 62.3 Å². The number of benzene rings is 2. The molecule has 4 rings (SSSR count). The minimum atomic E-state index is 0.235. The normalized spacial score (nSPS) is 18.9. The minimum absolute atomic E-state index is 0.235. The summed E-state index contributed by atoms with van der Waals surface area (Å²) in [4.78, 5) is 15.2. The Morgan fingerprint density at radius 3 is 2.37 bits per heavy atom. The summed E-state index contributed by atoms with van der Waals surface area (Å²) in [5, 5.41) is 8.22. The Labute approximate surface area is 176 Å². The second-order valence-electron chi connectivity index (χ2n) is 8.08. The Morgan fingerprint density at radius 1 is 0.967 bits per heavy atom. The lowest BCUT2D eigenvalue weighted by Gasteiger charge is -2.30. The van der Waals surface area contributed by atoms with Crippen molar-refractivity contribution in [1.29, 1.82) is 0 Å². The molecule has 0 radical (unpaired) electrons. The van der Waals surface area contributed by atoms with E-state index in [0.29, 0.717) is 18.0 Å². The van der Waals surface area contributed by atoms with Crippen molar-refractivity contribution in [2.45, 2.75) is 44.3 Å². The molecule has 1 heterocycles. The molecule has 1 aliphatic rings. The number of hydrogen-bond donors (Lipinski definition) is 2. The summed E-state index contributed by atoms with van der Waals surface area (Å²) in [6.07, 6.45) is 4.33. The highest BCUT2D eigenvalue weighted by Crippen LogP contribution is 2.26. The van der Waals surface area contributed by atoms with Crippen LogP contribution in [0.3, 0.4) is 0 Å². The zero-order valence-corrected chi connectivity index (χ0v) is 17.4. The lowest BCUT2D eigenvalue weighted by atomic mass is 9.91. The number of para-hydroxylation sites is 1. The van der Waals surface area contributed by atoms with Crippen LogP contribution < -0.4 is 20.5 Å². The average Bonchev–Trinajstić information content (AvgIpc) is 2.78. The van der Waals surface area contributed by atoms with Gasteiger partial charge < -0.3 is 15.5 Å². The van der Waals surface area contributed by atoms with E-state index in [0.717, 1.165) is 54.5 Å². The first-order valence-electron chi connectivity index (χ1n) is 10.4. The van der Waals surface area contributed by atoms with E-state index < -0.39 is 0 Å². The van der Waals surface area contributed by atoms with Gasteiger partial charge in [-0.1, -0.05) is 24.3 Å². The van der Waals surface area contributed by atoms with Crippen molar-refractivity contribution in [2.24, 2.45) is 0 Å². The van der Waals surface area contributed by atoms with Crippen LogP contribution in [-0.2, 0) is 6.54 Å². The van der Waals surface area contributed by atoms with Crippen molar-refractivity contribution in [3.8, 4) is 5.75 Å². The molecule has 1 aliphatic carbocycles. The van der Waals surface area contributed by atoms with Crippen LogP contribution in [0.25, 0.3) is 10.9 Å². The van der Waals surface area contributed by atoms with E-state index >= 15 is 0 Å². The van der Waals surface area contributed by atoms with Crippen LogP contribution >= 0.6 is 0 Å². The third-order valence-corrected chi connectivity index (χ3v) is 5.67. The van der Waals surface area contributed by atoms with Crippen molar-refractivity contribution in [2.75, 3.05) is 24.3 Å². The largest absolute Gasteiger partial charge is 0.362 e. The minimum Gasteiger partial charge on any atom is -0.362 e. The van der Waals surface area contributed by atoms with Crippen LogP contribution in [0, 0.1) is 0 Å². The summed E-state index contributed by atoms with van der Waals surface area (Å²) in [5.74, 6) is 1.87. The summed E-state index contributed by atoms with van der Waals surface area (Å²) in [6, 6.07) is 16.0. The zero-order chi connectivity index (χ0) is 20.9. The molecular weight excluding hydrogens is 381 g/mol. The summed E-state index contributed by atoms with van der Waals surface area (Å²) < 4.78 is 12.1. The Kier molecular flexibility index (Phi) is 6.28. The van der Waals surface area contributed by atoms with E-state index in [1.807, 2.05) is 49.3 Å². The van der Waals surface area contributed by atoms with Crippen molar-refractivity contribution >= 4 is 22.7 Å². The molecule has 0 spiro atoms. The molecule has 2 aromatic carbocycles. The molecule has 1 aromatic heterocycles. The first-order valence-corrected chi connectivity index (χ1v) is 10.4. The van der Waals surface area contributed by atoms with Crippen molar-refractivity contribution in [3.05, 3.63) is 54.1 Å². The second kappa shape index (κ2) is 9.26. The van der Waals surface area contributed by atoms with Crippen LogP contribution in [0.2, 0.25) is 0 Å². The number of aromatic nitrogens is 2. The number of nitrogens with zero attached hydrogens (tertiary/aromatic N) is 3. The Balaban J connectivity index is 1.32. The molecule has 0 amide bonds. The summed E-state index contributed by atoms with van der Waals surface area (Å²) >= 11 is 0. The van der Waals surface area contributed by atoms with E-state index in [1.165, 1.54) is 0 Å². The van der Waals surface area contributed by atoms with Crippen LogP contribution in [0.5, 0.6) is 5.75 Å². The first-order chi connectivity index (χ1) is 14.6. The molecule has 0 saturated heterocycles. The van der Waals surface area contributed by atoms with Crippen LogP contribution in [0.15, 0.2) is 48.5 Å². The fourth-order valence-electron chi connectivity index (χ4n) is 4.01. The highest BCUT2D eigenvalue weighted by atomic mass is 19.3. The monoisotopic (exact) mass is 409 g/mol. The molecule has 1 saturated carbocycles. The van der Waals surface area contributed by atoms with E-state index in [1.54, 1.807) is 12.1 Å². The number of halogens is 1. The molecule has 1 fully saturated rings. The average molecular weight is 410 g/mol. The van der Waals surface area contributed by atoms with Gasteiger partial charge in [0.25, 0.3) is 0 Å². The summed E-state index contributed by atoms with van der Waals surface area (Å²) in [6.45, 7) is 0.773. The fraction of sp³-hybridized carbons (Fsp3) is 0.391. The van der Waals surface area contributed by atoms with E-state index in [4.69, 9.17) is 9.97 Å². The first kappa shape index (κ1) is 20.3. The molecule has 0 bridgehead atoms. The molecule has 158 valence electrons. The predicted molar refractivity (Wildman–Crippen MR) is 119 cm³/mol. The summed E-state index contributed by atoms with van der Waals surface area (Å²) in [5.41, 5.74) is 2.08. The SMILES string of the molecule is CN(C)c1nc(N[C@H]2CC[C@@H](NCc3ccc(OF)cc3)CC2)nc2ccccc12. The Morgan fingerprint density at radius 2 is 1.67 bits per heavy atom. The highest BCUT2D eigenvalue weighted by Gasteiger charge is 2.22. The van der Waals surface area contributed by atoms with Gasteiger partial charge in [0.05, 0.1) is 5.52 Å². The third kappa shape index (κ3) is 4.79.